The smallest absolute Gasteiger partial charge is 0.375 e. The number of piperidine rings is 1. The summed E-state index contributed by atoms with van der Waals surface area (Å²) in [5.74, 6) is -1.91. The molecule has 8 heteroatoms. The number of halogens is 3. The summed E-state index contributed by atoms with van der Waals surface area (Å²) < 4.78 is 37.8. The van der Waals surface area contributed by atoms with Gasteiger partial charge in [0.25, 0.3) is 5.91 Å². The maximum Gasteiger partial charge on any atom is 0.393 e. The average molecular weight is 279 g/mol. The van der Waals surface area contributed by atoms with Crippen LogP contribution in [0.15, 0.2) is 5.38 Å². The third-order valence-corrected chi connectivity index (χ3v) is 3.59. The third-order valence-electron chi connectivity index (χ3n) is 2.91. The van der Waals surface area contributed by atoms with E-state index in [1.807, 2.05) is 0 Å². The van der Waals surface area contributed by atoms with E-state index in [9.17, 15) is 18.0 Å². The van der Waals surface area contributed by atoms with Gasteiger partial charge in [0.1, 0.15) is 5.69 Å². The van der Waals surface area contributed by atoms with E-state index in [0.717, 1.165) is 11.3 Å². The van der Waals surface area contributed by atoms with Crippen LogP contribution in [0.5, 0.6) is 0 Å². The molecule has 1 aromatic rings. The van der Waals surface area contributed by atoms with Gasteiger partial charge in [-0.25, -0.2) is 4.98 Å². The summed E-state index contributed by atoms with van der Waals surface area (Å²) in [5, 5.41) is 1.71. The zero-order valence-corrected chi connectivity index (χ0v) is 10.2. The lowest BCUT2D eigenvalue weighted by Crippen LogP contribution is -2.44. The molecule has 1 aliphatic heterocycles. The number of hydrogen-bond acceptors (Lipinski definition) is 4. The van der Waals surface area contributed by atoms with Gasteiger partial charge in [0.05, 0.1) is 5.92 Å². The van der Waals surface area contributed by atoms with Gasteiger partial charge in [-0.1, -0.05) is 0 Å². The number of nitrogens with two attached hydrogens (primary N) is 1. The van der Waals surface area contributed by atoms with Crippen LogP contribution in [0, 0.1) is 5.92 Å². The number of nitrogen functional groups attached to an aromatic ring is 1. The number of anilines is 1. The number of amides is 1. The number of carbonyl (C=O) groups excluding carboxylic acids is 1. The highest BCUT2D eigenvalue weighted by Crippen LogP contribution is 2.33. The van der Waals surface area contributed by atoms with E-state index in [-0.39, 0.29) is 23.8 Å². The van der Waals surface area contributed by atoms with Crippen molar-refractivity contribution in [2.75, 3.05) is 18.8 Å². The van der Waals surface area contributed by atoms with Gasteiger partial charge in [0.15, 0.2) is 5.13 Å². The monoisotopic (exact) mass is 279 g/mol. The van der Waals surface area contributed by atoms with E-state index in [4.69, 9.17) is 5.73 Å². The average Bonchev–Trinajstić information content (AvgIpc) is 2.74. The first kappa shape index (κ1) is 13.1. The van der Waals surface area contributed by atoms with Crippen molar-refractivity contribution in [3.63, 3.8) is 0 Å². The Bertz CT molecular complexity index is 446. The molecule has 0 saturated carbocycles. The van der Waals surface area contributed by atoms with Gasteiger partial charge >= 0.3 is 6.18 Å². The molecule has 0 spiro atoms. The summed E-state index contributed by atoms with van der Waals surface area (Å²) in [6.45, 7) is 0.0443. The van der Waals surface area contributed by atoms with Crippen LogP contribution in [0.25, 0.3) is 0 Å². The SMILES string of the molecule is Nc1nc(C(=O)N2CCCC(C(F)(F)F)C2)cs1. The van der Waals surface area contributed by atoms with Crippen LogP contribution in [0.4, 0.5) is 18.3 Å². The van der Waals surface area contributed by atoms with Gasteiger partial charge < -0.3 is 10.6 Å². The molecular weight excluding hydrogens is 267 g/mol. The minimum Gasteiger partial charge on any atom is -0.375 e. The number of hydrogen-bond donors (Lipinski definition) is 1. The van der Waals surface area contributed by atoms with E-state index >= 15 is 0 Å². The quantitative estimate of drug-likeness (QED) is 0.856. The Morgan fingerprint density at radius 1 is 1.56 bits per heavy atom. The number of aromatic nitrogens is 1. The van der Waals surface area contributed by atoms with Crippen molar-refractivity contribution in [2.24, 2.45) is 5.92 Å². The van der Waals surface area contributed by atoms with Crippen molar-refractivity contribution < 1.29 is 18.0 Å². The number of thiazole rings is 1. The lowest BCUT2D eigenvalue weighted by atomic mass is 9.97. The molecule has 1 unspecified atom stereocenters. The molecule has 0 bridgehead atoms. The van der Waals surface area contributed by atoms with E-state index in [2.05, 4.69) is 4.98 Å². The molecule has 1 fully saturated rings. The standard InChI is InChI=1S/C10H12F3N3OS/c11-10(12,13)6-2-1-3-16(4-6)8(17)7-5-18-9(14)15-7/h5-6H,1-4H2,(H2,14,15). The fourth-order valence-corrected chi connectivity index (χ4v) is 2.51. The van der Waals surface area contributed by atoms with Crippen molar-refractivity contribution >= 4 is 22.4 Å². The predicted molar refractivity (Wildman–Crippen MR) is 61.2 cm³/mol. The lowest BCUT2D eigenvalue weighted by Gasteiger charge is -2.33. The van der Waals surface area contributed by atoms with Crippen LogP contribution < -0.4 is 5.73 Å². The van der Waals surface area contributed by atoms with Crippen LogP contribution in [0.3, 0.4) is 0 Å². The summed E-state index contributed by atoms with van der Waals surface area (Å²) in [7, 11) is 0. The molecule has 2 rings (SSSR count). The number of likely N-dealkylation sites (tertiary alicyclic amines) is 1. The number of nitrogens with zero attached hydrogens (tertiary/aromatic N) is 2. The van der Waals surface area contributed by atoms with Gasteiger partial charge in [-0.3, -0.25) is 4.79 Å². The van der Waals surface area contributed by atoms with Gasteiger partial charge in [0.2, 0.25) is 0 Å². The fraction of sp³-hybridized carbons (Fsp3) is 0.600. The topological polar surface area (TPSA) is 59.2 Å². The first-order valence-electron chi connectivity index (χ1n) is 5.45. The van der Waals surface area contributed by atoms with Gasteiger partial charge in [-0.05, 0) is 12.8 Å². The van der Waals surface area contributed by atoms with Gasteiger partial charge in [-0.15, -0.1) is 11.3 Å². The van der Waals surface area contributed by atoms with Crippen molar-refractivity contribution in [1.29, 1.82) is 0 Å². The molecule has 100 valence electrons. The van der Waals surface area contributed by atoms with E-state index in [1.165, 1.54) is 10.3 Å². The summed E-state index contributed by atoms with van der Waals surface area (Å²) in [5.41, 5.74) is 5.52. The molecule has 4 nitrogen and oxygen atoms in total. The molecule has 1 atom stereocenters. The van der Waals surface area contributed by atoms with Crippen molar-refractivity contribution in [3.8, 4) is 0 Å². The Labute approximate surface area is 106 Å². The maximum absolute atomic E-state index is 12.6. The van der Waals surface area contributed by atoms with E-state index in [1.54, 1.807) is 0 Å². The van der Waals surface area contributed by atoms with Crippen molar-refractivity contribution in [3.05, 3.63) is 11.1 Å². The Balaban J connectivity index is 2.07. The Hall–Kier alpha value is -1.31. The molecule has 2 heterocycles. The number of rotatable bonds is 1. The zero-order chi connectivity index (χ0) is 13.3. The Morgan fingerprint density at radius 3 is 2.83 bits per heavy atom. The largest absolute Gasteiger partial charge is 0.393 e. The molecule has 1 amide bonds. The fourth-order valence-electron chi connectivity index (χ4n) is 1.98. The lowest BCUT2D eigenvalue weighted by molar-refractivity contribution is -0.184. The molecule has 0 aromatic carbocycles. The van der Waals surface area contributed by atoms with E-state index < -0.39 is 18.0 Å². The van der Waals surface area contributed by atoms with Crippen LogP contribution in [-0.4, -0.2) is 35.1 Å². The zero-order valence-electron chi connectivity index (χ0n) is 9.41. The van der Waals surface area contributed by atoms with Crippen LogP contribution in [-0.2, 0) is 0 Å². The molecule has 1 aliphatic rings. The molecule has 1 saturated heterocycles. The van der Waals surface area contributed by atoms with Crippen molar-refractivity contribution in [2.45, 2.75) is 19.0 Å². The highest BCUT2D eigenvalue weighted by Gasteiger charge is 2.42. The normalized spacial score (nSPS) is 21.1. The first-order chi connectivity index (χ1) is 8.38. The predicted octanol–water partition coefficient (Wildman–Crippen LogP) is 2.14. The van der Waals surface area contributed by atoms with Crippen LogP contribution >= 0.6 is 11.3 Å². The van der Waals surface area contributed by atoms with Crippen LogP contribution in [0.1, 0.15) is 23.3 Å². The van der Waals surface area contributed by atoms with Gasteiger partial charge in [-0.2, -0.15) is 13.2 Å². The second-order valence-corrected chi connectivity index (χ2v) is 5.09. The first-order valence-corrected chi connectivity index (χ1v) is 6.33. The summed E-state index contributed by atoms with van der Waals surface area (Å²) in [4.78, 5) is 16.9. The van der Waals surface area contributed by atoms with Gasteiger partial charge in [0, 0.05) is 18.5 Å². The minimum atomic E-state index is -4.25. The molecule has 18 heavy (non-hydrogen) atoms. The molecule has 0 aliphatic carbocycles. The highest BCUT2D eigenvalue weighted by atomic mass is 32.1. The minimum absolute atomic E-state index is 0.0759. The number of alkyl halides is 3. The molecule has 1 aromatic heterocycles. The molecule has 0 radical (unpaired) electrons. The molecule has 2 N–H and O–H groups in total. The summed E-state index contributed by atoms with van der Waals surface area (Å²) in [6.07, 6.45) is -3.82. The number of carbonyl (C=O) groups is 1. The Morgan fingerprint density at radius 2 is 2.28 bits per heavy atom. The second-order valence-electron chi connectivity index (χ2n) is 4.20. The Kier molecular flexibility index (Phi) is 3.47. The summed E-state index contributed by atoms with van der Waals surface area (Å²) in [6, 6.07) is 0. The summed E-state index contributed by atoms with van der Waals surface area (Å²) >= 11 is 1.10. The van der Waals surface area contributed by atoms with Crippen molar-refractivity contribution in [1.82, 2.24) is 9.88 Å². The molecular formula is C10H12F3N3OS. The van der Waals surface area contributed by atoms with Crippen LogP contribution in [0.2, 0.25) is 0 Å². The highest BCUT2D eigenvalue weighted by molar-refractivity contribution is 7.13. The second kappa shape index (κ2) is 4.75. The maximum atomic E-state index is 12.6. The third kappa shape index (κ3) is 2.74. The van der Waals surface area contributed by atoms with E-state index in [0.29, 0.717) is 13.0 Å².